The molecule has 2 rings (SSSR count). The number of methoxy groups -OCH3 is 1. The van der Waals surface area contributed by atoms with E-state index in [1.807, 2.05) is 12.1 Å². The quantitative estimate of drug-likeness (QED) is 0.785. The predicted molar refractivity (Wildman–Crippen MR) is 88.1 cm³/mol. The molecule has 0 bridgehead atoms. The summed E-state index contributed by atoms with van der Waals surface area (Å²) < 4.78 is 5.08. The Labute approximate surface area is 128 Å². The van der Waals surface area contributed by atoms with Crippen molar-refractivity contribution in [2.45, 2.75) is 58.9 Å². The lowest BCUT2D eigenvalue weighted by Crippen LogP contribution is -2.21. The van der Waals surface area contributed by atoms with E-state index in [2.05, 4.69) is 26.1 Å². The zero-order valence-corrected chi connectivity index (χ0v) is 13.8. The molecule has 0 amide bonds. The third-order valence-electron chi connectivity index (χ3n) is 4.74. The molecule has 3 nitrogen and oxygen atoms in total. The van der Waals surface area contributed by atoms with Gasteiger partial charge >= 0.3 is 0 Å². The van der Waals surface area contributed by atoms with E-state index in [4.69, 9.17) is 4.74 Å². The van der Waals surface area contributed by atoms with Crippen LogP contribution >= 0.6 is 0 Å². The van der Waals surface area contributed by atoms with E-state index in [-0.39, 0.29) is 5.75 Å². The second-order valence-electron chi connectivity index (χ2n) is 7.30. The number of anilines is 1. The average molecular weight is 291 g/mol. The van der Waals surface area contributed by atoms with E-state index in [1.165, 1.54) is 32.1 Å². The largest absolute Gasteiger partial charge is 0.504 e. The number of nitrogens with one attached hydrogen (secondary N) is 1. The molecule has 0 aliphatic heterocycles. The summed E-state index contributed by atoms with van der Waals surface area (Å²) in [6, 6.07) is 6.05. The Kier molecular flexibility index (Phi) is 5.02. The smallest absolute Gasteiger partial charge is 0.160 e. The highest BCUT2D eigenvalue weighted by Crippen LogP contribution is 2.37. The van der Waals surface area contributed by atoms with Gasteiger partial charge < -0.3 is 15.2 Å². The van der Waals surface area contributed by atoms with Gasteiger partial charge in [0.1, 0.15) is 0 Å². The standard InChI is InChI=1S/C18H29NO2/c1-18(2,3)13-6-5-7-14(9-8-13)19-15-10-11-17(21-4)16(20)12-15/h10-14,19-20H,5-9H2,1-4H3. The van der Waals surface area contributed by atoms with Crippen LogP contribution in [0.15, 0.2) is 18.2 Å². The Bertz CT molecular complexity index is 465. The molecule has 0 heterocycles. The molecule has 0 spiro atoms. The zero-order chi connectivity index (χ0) is 15.5. The summed E-state index contributed by atoms with van der Waals surface area (Å²) in [7, 11) is 1.57. The monoisotopic (exact) mass is 291 g/mol. The molecule has 1 aromatic rings. The van der Waals surface area contributed by atoms with Crippen molar-refractivity contribution in [2.24, 2.45) is 11.3 Å². The minimum atomic E-state index is 0.198. The van der Waals surface area contributed by atoms with Crippen LogP contribution in [0.1, 0.15) is 52.9 Å². The fraction of sp³-hybridized carbons (Fsp3) is 0.667. The third kappa shape index (κ3) is 4.29. The second kappa shape index (κ2) is 6.59. The Morgan fingerprint density at radius 1 is 1.14 bits per heavy atom. The van der Waals surface area contributed by atoms with Crippen molar-refractivity contribution >= 4 is 5.69 Å². The van der Waals surface area contributed by atoms with Gasteiger partial charge in [0, 0.05) is 17.8 Å². The van der Waals surface area contributed by atoms with Crippen LogP contribution < -0.4 is 10.1 Å². The molecule has 1 aliphatic rings. The van der Waals surface area contributed by atoms with Crippen molar-refractivity contribution < 1.29 is 9.84 Å². The van der Waals surface area contributed by atoms with Crippen molar-refractivity contribution in [1.82, 2.24) is 0 Å². The number of hydrogen-bond acceptors (Lipinski definition) is 3. The van der Waals surface area contributed by atoms with Crippen LogP contribution in [0.4, 0.5) is 5.69 Å². The molecule has 0 saturated heterocycles. The molecule has 0 aromatic heterocycles. The summed E-state index contributed by atoms with van der Waals surface area (Å²) in [5, 5.41) is 13.4. The molecular formula is C18H29NO2. The summed E-state index contributed by atoms with van der Waals surface area (Å²) >= 11 is 0. The maximum Gasteiger partial charge on any atom is 0.160 e. The molecule has 1 saturated carbocycles. The summed E-state index contributed by atoms with van der Waals surface area (Å²) in [6.45, 7) is 7.06. The molecule has 3 heteroatoms. The topological polar surface area (TPSA) is 41.5 Å². The lowest BCUT2D eigenvalue weighted by molar-refractivity contribution is 0.214. The van der Waals surface area contributed by atoms with Gasteiger partial charge in [-0.15, -0.1) is 0 Å². The number of ether oxygens (including phenoxy) is 1. The molecule has 2 unspecified atom stereocenters. The van der Waals surface area contributed by atoms with Gasteiger partial charge in [-0.3, -0.25) is 0 Å². The van der Waals surface area contributed by atoms with Crippen molar-refractivity contribution in [1.29, 1.82) is 0 Å². The van der Waals surface area contributed by atoms with Gasteiger partial charge in [0.15, 0.2) is 11.5 Å². The first kappa shape index (κ1) is 16.0. The van der Waals surface area contributed by atoms with Crippen molar-refractivity contribution in [2.75, 3.05) is 12.4 Å². The Hall–Kier alpha value is -1.38. The summed E-state index contributed by atoms with van der Waals surface area (Å²) in [5.41, 5.74) is 1.39. The second-order valence-corrected chi connectivity index (χ2v) is 7.30. The molecule has 2 N–H and O–H groups in total. The molecule has 1 fully saturated rings. The summed E-state index contributed by atoms with van der Waals surface area (Å²) in [4.78, 5) is 0. The Morgan fingerprint density at radius 2 is 1.90 bits per heavy atom. The third-order valence-corrected chi connectivity index (χ3v) is 4.74. The number of phenolic OH excluding ortho intramolecular Hbond substituents is 1. The van der Waals surface area contributed by atoms with E-state index >= 15 is 0 Å². The van der Waals surface area contributed by atoms with Crippen molar-refractivity contribution in [3.05, 3.63) is 18.2 Å². The minimum Gasteiger partial charge on any atom is -0.504 e. The molecule has 21 heavy (non-hydrogen) atoms. The van der Waals surface area contributed by atoms with Gasteiger partial charge in [-0.05, 0) is 49.1 Å². The Balaban J connectivity index is 1.96. The first-order chi connectivity index (χ1) is 9.90. The highest BCUT2D eigenvalue weighted by molar-refractivity contribution is 5.54. The van der Waals surface area contributed by atoms with Crippen LogP contribution in [-0.4, -0.2) is 18.3 Å². The number of aromatic hydroxyl groups is 1. The maximum atomic E-state index is 9.86. The normalized spacial score (nSPS) is 23.4. The minimum absolute atomic E-state index is 0.198. The number of hydrogen-bond donors (Lipinski definition) is 2. The zero-order valence-electron chi connectivity index (χ0n) is 13.8. The van der Waals surface area contributed by atoms with Crippen LogP contribution in [0, 0.1) is 11.3 Å². The predicted octanol–water partition coefficient (Wildman–Crippen LogP) is 4.81. The molecule has 0 radical (unpaired) electrons. The average Bonchev–Trinajstić information content (AvgIpc) is 2.64. The SMILES string of the molecule is COc1ccc(NC2CCCC(C(C)(C)C)CC2)cc1O. The number of phenols is 1. The van der Waals surface area contributed by atoms with Crippen LogP contribution in [0.25, 0.3) is 0 Å². The van der Waals surface area contributed by atoms with E-state index < -0.39 is 0 Å². The van der Waals surface area contributed by atoms with Crippen LogP contribution in [0.3, 0.4) is 0 Å². The lowest BCUT2D eigenvalue weighted by atomic mass is 9.76. The number of rotatable bonds is 3. The van der Waals surface area contributed by atoms with E-state index in [9.17, 15) is 5.11 Å². The first-order valence-electron chi connectivity index (χ1n) is 8.03. The fourth-order valence-corrected chi connectivity index (χ4v) is 3.33. The molecule has 1 aromatic carbocycles. The lowest BCUT2D eigenvalue weighted by Gasteiger charge is -2.29. The van der Waals surface area contributed by atoms with E-state index in [1.54, 1.807) is 13.2 Å². The highest BCUT2D eigenvalue weighted by Gasteiger charge is 2.27. The Morgan fingerprint density at radius 3 is 2.52 bits per heavy atom. The summed E-state index contributed by atoms with van der Waals surface area (Å²) in [6.07, 6.45) is 6.30. The van der Waals surface area contributed by atoms with E-state index in [0.29, 0.717) is 17.2 Å². The highest BCUT2D eigenvalue weighted by atomic mass is 16.5. The van der Waals surface area contributed by atoms with Gasteiger partial charge in [0.05, 0.1) is 7.11 Å². The van der Waals surface area contributed by atoms with Gasteiger partial charge in [-0.1, -0.05) is 27.2 Å². The number of benzene rings is 1. The van der Waals surface area contributed by atoms with Crippen LogP contribution in [0.2, 0.25) is 0 Å². The van der Waals surface area contributed by atoms with Crippen LogP contribution in [-0.2, 0) is 0 Å². The molecule has 2 atom stereocenters. The van der Waals surface area contributed by atoms with Gasteiger partial charge in [-0.2, -0.15) is 0 Å². The van der Waals surface area contributed by atoms with Gasteiger partial charge in [0.25, 0.3) is 0 Å². The summed E-state index contributed by atoms with van der Waals surface area (Å²) in [5.74, 6) is 1.53. The van der Waals surface area contributed by atoms with Crippen molar-refractivity contribution in [3.8, 4) is 11.5 Å². The first-order valence-corrected chi connectivity index (χ1v) is 8.03. The van der Waals surface area contributed by atoms with Gasteiger partial charge in [0.2, 0.25) is 0 Å². The van der Waals surface area contributed by atoms with E-state index in [0.717, 1.165) is 11.6 Å². The maximum absolute atomic E-state index is 9.86. The van der Waals surface area contributed by atoms with Gasteiger partial charge in [-0.25, -0.2) is 0 Å². The fourth-order valence-electron chi connectivity index (χ4n) is 3.33. The van der Waals surface area contributed by atoms with Crippen LogP contribution in [0.5, 0.6) is 11.5 Å². The molecule has 1 aliphatic carbocycles. The molecule has 118 valence electrons. The van der Waals surface area contributed by atoms with Crippen molar-refractivity contribution in [3.63, 3.8) is 0 Å². The molecular weight excluding hydrogens is 262 g/mol.